The molecule has 0 saturated heterocycles. The van der Waals surface area contributed by atoms with E-state index >= 15 is 0 Å². The van der Waals surface area contributed by atoms with Crippen LogP contribution in [0, 0.1) is 0 Å². The van der Waals surface area contributed by atoms with Crippen LogP contribution in [-0.2, 0) is 7.05 Å². The summed E-state index contributed by atoms with van der Waals surface area (Å²) >= 11 is 1.50. The summed E-state index contributed by atoms with van der Waals surface area (Å²) in [7, 11) is 1.79. The lowest BCUT2D eigenvalue weighted by Crippen LogP contribution is -2.00. The van der Waals surface area contributed by atoms with Gasteiger partial charge in [0.2, 0.25) is 0 Å². The van der Waals surface area contributed by atoms with Gasteiger partial charge in [-0.1, -0.05) is 6.07 Å². The lowest BCUT2D eigenvalue weighted by atomic mass is 10.3. The number of imidazole rings is 1. The Bertz CT molecular complexity index is 459. The standard InChI is InChI=1S/C9H8N2O2S/c1-11-5-10-7(9(12)13)8(11)6-3-2-4-14-6/h2-5H,1H3,(H,12,13). The minimum absolute atomic E-state index is 0.106. The normalized spacial score (nSPS) is 10.4. The van der Waals surface area contributed by atoms with E-state index in [0.717, 1.165) is 4.88 Å². The van der Waals surface area contributed by atoms with Crippen LogP contribution in [0.1, 0.15) is 10.5 Å². The predicted octanol–water partition coefficient (Wildman–Crippen LogP) is 1.85. The number of aryl methyl sites for hydroxylation is 1. The summed E-state index contributed by atoms with van der Waals surface area (Å²) in [5, 5.41) is 10.8. The van der Waals surface area contributed by atoms with Crippen molar-refractivity contribution in [2.45, 2.75) is 0 Å². The van der Waals surface area contributed by atoms with Crippen molar-refractivity contribution in [2.75, 3.05) is 0 Å². The van der Waals surface area contributed by atoms with E-state index in [0.29, 0.717) is 5.69 Å². The van der Waals surface area contributed by atoms with Crippen LogP contribution in [0.25, 0.3) is 10.6 Å². The van der Waals surface area contributed by atoms with Crippen molar-refractivity contribution in [2.24, 2.45) is 7.05 Å². The fourth-order valence-corrected chi connectivity index (χ4v) is 2.10. The number of thiophene rings is 1. The quantitative estimate of drug-likeness (QED) is 0.819. The number of aromatic nitrogens is 2. The van der Waals surface area contributed by atoms with E-state index in [1.165, 1.54) is 17.7 Å². The van der Waals surface area contributed by atoms with E-state index in [4.69, 9.17) is 5.11 Å². The van der Waals surface area contributed by atoms with E-state index in [1.54, 1.807) is 11.6 Å². The third-order valence-electron chi connectivity index (χ3n) is 1.89. The zero-order chi connectivity index (χ0) is 10.1. The molecule has 72 valence electrons. The van der Waals surface area contributed by atoms with Gasteiger partial charge in [-0.05, 0) is 11.4 Å². The Morgan fingerprint density at radius 3 is 3.00 bits per heavy atom. The number of carboxylic acid groups (broad SMARTS) is 1. The Morgan fingerprint density at radius 2 is 2.43 bits per heavy atom. The Hall–Kier alpha value is -1.62. The van der Waals surface area contributed by atoms with Gasteiger partial charge in [-0.3, -0.25) is 0 Å². The van der Waals surface area contributed by atoms with Crippen molar-refractivity contribution >= 4 is 17.3 Å². The number of aromatic carboxylic acids is 1. The molecule has 4 nitrogen and oxygen atoms in total. The fraction of sp³-hybridized carbons (Fsp3) is 0.111. The molecule has 5 heteroatoms. The molecule has 0 atom stereocenters. The van der Waals surface area contributed by atoms with Gasteiger partial charge in [-0.15, -0.1) is 11.3 Å². The molecule has 0 amide bonds. The van der Waals surface area contributed by atoms with Crippen molar-refractivity contribution in [3.63, 3.8) is 0 Å². The van der Waals surface area contributed by atoms with Gasteiger partial charge < -0.3 is 9.67 Å². The summed E-state index contributed by atoms with van der Waals surface area (Å²) < 4.78 is 1.72. The van der Waals surface area contributed by atoms with Crippen LogP contribution in [0.2, 0.25) is 0 Å². The smallest absolute Gasteiger partial charge is 0.356 e. The molecule has 0 aliphatic rings. The van der Waals surface area contributed by atoms with Gasteiger partial charge in [-0.25, -0.2) is 9.78 Å². The topological polar surface area (TPSA) is 55.1 Å². The molecule has 0 fully saturated rings. The second-order valence-electron chi connectivity index (χ2n) is 2.84. The molecule has 0 radical (unpaired) electrons. The first kappa shape index (κ1) is 8.96. The summed E-state index contributed by atoms with van der Waals surface area (Å²) in [5.74, 6) is -0.992. The van der Waals surface area contributed by atoms with E-state index in [-0.39, 0.29) is 5.69 Å². The average Bonchev–Trinajstić information content (AvgIpc) is 2.71. The zero-order valence-electron chi connectivity index (χ0n) is 7.47. The van der Waals surface area contributed by atoms with Crippen molar-refractivity contribution in [3.05, 3.63) is 29.5 Å². The monoisotopic (exact) mass is 208 g/mol. The molecule has 0 unspecified atom stereocenters. The van der Waals surface area contributed by atoms with E-state index in [9.17, 15) is 4.79 Å². The summed E-state index contributed by atoms with van der Waals surface area (Å²) in [6.07, 6.45) is 1.51. The molecule has 0 aliphatic heterocycles. The molecule has 2 heterocycles. The summed E-state index contributed by atoms with van der Waals surface area (Å²) in [6, 6.07) is 3.77. The minimum Gasteiger partial charge on any atom is -0.476 e. The van der Waals surface area contributed by atoms with Gasteiger partial charge in [0.05, 0.1) is 16.9 Å². The highest BCUT2D eigenvalue weighted by Gasteiger charge is 2.17. The summed E-state index contributed by atoms with van der Waals surface area (Å²) in [4.78, 5) is 15.6. The first-order chi connectivity index (χ1) is 6.70. The number of hydrogen-bond donors (Lipinski definition) is 1. The molecular formula is C9H8N2O2S. The van der Waals surface area contributed by atoms with Gasteiger partial charge in [0, 0.05) is 7.05 Å². The molecule has 0 aromatic carbocycles. The third kappa shape index (κ3) is 1.31. The van der Waals surface area contributed by atoms with Crippen molar-refractivity contribution in [1.82, 2.24) is 9.55 Å². The van der Waals surface area contributed by atoms with Crippen molar-refractivity contribution in [1.29, 1.82) is 0 Å². The first-order valence-corrected chi connectivity index (χ1v) is 4.86. The first-order valence-electron chi connectivity index (χ1n) is 3.98. The van der Waals surface area contributed by atoms with Crippen LogP contribution < -0.4 is 0 Å². The Kier molecular flexibility index (Phi) is 2.09. The molecule has 1 N–H and O–H groups in total. The largest absolute Gasteiger partial charge is 0.476 e. The Labute approximate surface area is 84.5 Å². The minimum atomic E-state index is -0.992. The summed E-state index contributed by atoms with van der Waals surface area (Å²) in [6.45, 7) is 0. The fourth-order valence-electron chi connectivity index (χ4n) is 1.29. The number of carboxylic acids is 1. The third-order valence-corrected chi connectivity index (χ3v) is 2.77. The highest BCUT2D eigenvalue weighted by molar-refractivity contribution is 7.13. The molecular weight excluding hydrogens is 200 g/mol. The van der Waals surface area contributed by atoms with Crippen LogP contribution in [0.3, 0.4) is 0 Å². The highest BCUT2D eigenvalue weighted by Crippen LogP contribution is 2.26. The Morgan fingerprint density at radius 1 is 1.64 bits per heavy atom. The van der Waals surface area contributed by atoms with E-state index in [1.807, 2.05) is 17.5 Å². The van der Waals surface area contributed by atoms with Crippen LogP contribution >= 0.6 is 11.3 Å². The van der Waals surface area contributed by atoms with Gasteiger partial charge in [0.25, 0.3) is 0 Å². The molecule has 0 aliphatic carbocycles. The average molecular weight is 208 g/mol. The molecule has 0 saturated carbocycles. The second-order valence-corrected chi connectivity index (χ2v) is 3.78. The molecule has 2 aromatic heterocycles. The van der Waals surface area contributed by atoms with Crippen molar-refractivity contribution in [3.8, 4) is 10.6 Å². The summed E-state index contributed by atoms with van der Waals surface area (Å²) in [5.41, 5.74) is 0.766. The van der Waals surface area contributed by atoms with Gasteiger partial charge in [0.15, 0.2) is 5.69 Å². The molecule has 2 rings (SSSR count). The van der Waals surface area contributed by atoms with Crippen LogP contribution in [0.15, 0.2) is 23.8 Å². The SMILES string of the molecule is Cn1cnc(C(=O)O)c1-c1cccs1. The van der Waals surface area contributed by atoms with E-state index < -0.39 is 5.97 Å². The molecule has 0 spiro atoms. The maximum Gasteiger partial charge on any atom is 0.356 e. The van der Waals surface area contributed by atoms with Gasteiger partial charge >= 0.3 is 5.97 Å². The maximum atomic E-state index is 10.9. The van der Waals surface area contributed by atoms with Crippen molar-refractivity contribution < 1.29 is 9.90 Å². The number of rotatable bonds is 2. The maximum absolute atomic E-state index is 10.9. The zero-order valence-corrected chi connectivity index (χ0v) is 8.28. The highest BCUT2D eigenvalue weighted by atomic mass is 32.1. The Balaban J connectivity index is 2.62. The van der Waals surface area contributed by atoms with Crippen LogP contribution in [0.5, 0.6) is 0 Å². The van der Waals surface area contributed by atoms with Gasteiger partial charge in [-0.2, -0.15) is 0 Å². The van der Waals surface area contributed by atoms with E-state index in [2.05, 4.69) is 4.98 Å². The molecule has 2 aromatic rings. The number of hydrogen-bond acceptors (Lipinski definition) is 3. The lowest BCUT2D eigenvalue weighted by molar-refractivity contribution is 0.0692. The van der Waals surface area contributed by atoms with Crippen LogP contribution in [-0.4, -0.2) is 20.6 Å². The van der Waals surface area contributed by atoms with Gasteiger partial charge in [0.1, 0.15) is 0 Å². The number of carbonyl (C=O) groups is 1. The number of nitrogens with zero attached hydrogens (tertiary/aromatic N) is 2. The lowest BCUT2D eigenvalue weighted by Gasteiger charge is -1.99. The van der Waals surface area contributed by atoms with Crippen LogP contribution in [0.4, 0.5) is 0 Å². The second kappa shape index (κ2) is 3.26. The molecule has 14 heavy (non-hydrogen) atoms. The molecule has 0 bridgehead atoms. The predicted molar refractivity (Wildman–Crippen MR) is 53.5 cm³/mol.